The Kier molecular flexibility index (Phi) is 5.22. The zero-order chi connectivity index (χ0) is 38.5. The minimum absolute atomic E-state index is 0.0390. The summed E-state index contributed by atoms with van der Waals surface area (Å²) < 4.78 is 47.3. The first kappa shape index (κ1) is 24.2. The Balaban J connectivity index is 1.22. The molecule has 0 spiro atoms. The Morgan fingerprint density at radius 2 is 1.04 bits per heavy atom. The van der Waals surface area contributed by atoms with Crippen molar-refractivity contribution in [2.24, 2.45) is 0 Å². The molecule has 4 nitrogen and oxygen atoms in total. The van der Waals surface area contributed by atoms with Gasteiger partial charge >= 0.3 is 0 Å². The van der Waals surface area contributed by atoms with Crippen molar-refractivity contribution in [2.75, 3.05) is 0 Å². The third-order valence-corrected chi connectivity index (χ3v) is 10.2. The first-order chi connectivity index (χ1) is 27.9. The van der Waals surface area contributed by atoms with Gasteiger partial charge in [-0.05, 0) is 59.0 Å². The van der Waals surface area contributed by atoms with Crippen LogP contribution in [-0.2, 0) is 0 Å². The highest BCUT2D eigenvalue weighted by Crippen LogP contribution is 2.43. The Morgan fingerprint density at radius 1 is 0.423 bits per heavy atom. The lowest BCUT2D eigenvalue weighted by Gasteiger charge is -2.14. The second-order valence-corrected chi connectivity index (χ2v) is 13.0. The van der Waals surface area contributed by atoms with E-state index in [1.165, 1.54) is 10.8 Å². The summed E-state index contributed by atoms with van der Waals surface area (Å²) >= 11 is 0. The van der Waals surface area contributed by atoms with E-state index in [1.807, 2.05) is 48.5 Å². The number of aromatic nitrogens is 4. The van der Waals surface area contributed by atoms with Gasteiger partial charge in [-0.1, -0.05) is 139 Å². The van der Waals surface area contributed by atoms with Crippen molar-refractivity contribution in [3.8, 4) is 34.0 Å². The summed E-state index contributed by atoms with van der Waals surface area (Å²) in [5.41, 5.74) is 8.26. The topological polar surface area (TPSA) is 35.6 Å². The van der Waals surface area contributed by atoms with Crippen LogP contribution in [0.5, 0.6) is 0 Å². The van der Waals surface area contributed by atoms with E-state index >= 15 is 0 Å². The van der Waals surface area contributed by atoms with Crippen LogP contribution in [0.2, 0.25) is 0 Å². The van der Waals surface area contributed by atoms with E-state index in [1.54, 1.807) is 0 Å². The van der Waals surface area contributed by atoms with Crippen molar-refractivity contribution in [1.82, 2.24) is 19.1 Å². The summed E-state index contributed by atoms with van der Waals surface area (Å²) in [6.45, 7) is 0. The van der Waals surface area contributed by atoms with Gasteiger partial charge in [0.2, 0.25) is 5.95 Å². The molecule has 8 aromatic carbocycles. The number of hydrogen-bond donors (Lipinski definition) is 0. The van der Waals surface area contributed by atoms with Gasteiger partial charge in [-0.3, -0.25) is 4.57 Å². The van der Waals surface area contributed by atoms with E-state index in [2.05, 4.69) is 112 Å². The average Bonchev–Trinajstić information content (AvgIpc) is 3.77. The number of hydrogen-bond acceptors (Lipinski definition) is 2. The zero-order valence-corrected chi connectivity index (χ0v) is 27.7. The fourth-order valence-electron chi connectivity index (χ4n) is 7.99. The molecule has 0 saturated carbocycles. The van der Waals surface area contributed by atoms with Crippen LogP contribution < -0.4 is 0 Å². The minimum Gasteiger partial charge on any atom is -0.309 e. The summed E-state index contributed by atoms with van der Waals surface area (Å²) in [4.78, 5) is 10.2. The third kappa shape index (κ3) is 4.21. The van der Waals surface area contributed by atoms with E-state index in [0.29, 0.717) is 16.9 Å². The second kappa shape index (κ2) is 11.2. The van der Waals surface area contributed by atoms with Gasteiger partial charge in [-0.15, -0.1) is 0 Å². The van der Waals surface area contributed by atoms with Gasteiger partial charge in [0, 0.05) is 43.6 Å². The van der Waals surface area contributed by atoms with Crippen LogP contribution in [0.4, 0.5) is 0 Å². The molecule has 0 N–H and O–H groups in total. The van der Waals surface area contributed by atoms with Crippen LogP contribution in [0.3, 0.4) is 0 Å². The molecule has 0 aliphatic carbocycles. The Morgan fingerprint density at radius 3 is 1.83 bits per heavy atom. The SMILES string of the molecule is [2H]c1c([2H])c([2H])c(-c2nc(-n3c4ccccc4c4cc(-c5ccc6c7ccccc7n(-c7ccccc7)c6c5)c5ccccc5c43)nc3ccccc23)c([2H])c1[2H]. The first-order valence-electron chi connectivity index (χ1n) is 19.8. The van der Waals surface area contributed by atoms with Gasteiger partial charge in [-0.25, -0.2) is 9.97 Å². The molecule has 0 aliphatic heterocycles. The molecule has 0 atom stereocenters. The van der Waals surface area contributed by atoms with Gasteiger partial charge in [0.1, 0.15) is 0 Å². The van der Waals surface area contributed by atoms with E-state index in [-0.39, 0.29) is 23.3 Å². The highest BCUT2D eigenvalue weighted by atomic mass is 15.2. The van der Waals surface area contributed by atoms with Crippen LogP contribution in [0.15, 0.2) is 182 Å². The van der Waals surface area contributed by atoms with E-state index < -0.39 is 18.1 Å². The van der Waals surface area contributed by atoms with Crippen LogP contribution in [0, 0.1) is 0 Å². The normalized spacial score (nSPS) is 13.2. The van der Waals surface area contributed by atoms with Crippen molar-refractivity contribution >= 4 is 65.3 Å². The maximum Gasteiger partial charge on any atom is 0.235 e. The molecule has 0 amide bonds. The fraction of sp³-hybridized carbons (Fsp3) is 0. The number of nitrogens with zero attached hydrogens (tertiary/aromatic N) is 4. The number of fused-ring (bicyclic) bond motifs is 9. The van der Waals surface area contributed by atoms with Crippen LogP contribution in [0.1, 0.15) is 6.85 Å². The minimum atomic E-state index is -0.447. The lowest BCUT2D eigenvalue weighted by Crippen LogP contribution is -2.03. The molecule has 4 heteroatoms. The molecule has 0 radical (unpaired) electrons. The summed E-state index contributed by atoms with van der Waals surface area (Å²) in [5, 5.41) is 7.07. The smallest absolute Gasteiger partial charge is 0.235 e. The van der Waals surface area contributed by atoms with Gasteiger partial charge in [0.25, 0.3) is 0 Å². The Hall–Kier alpha value is -7.04. The lowest BCUT2D eigenvalue weighted by atomic mass is 9.94. The van der Waals surface area contributed by atoms with Gasteiger partial charge < -0.3 is 4.57 Å². The van der Waals surface area contributed by atoms with Crippen molar-refractivity contribution < 1.29 is 6.85 Å². The highest BCUT2D eigenvalue weighted by molar-refractivity contribution is 6.22. The first-order valence-corrected chi connectivity index (χ1v) is 17.3. The standard InChI is InChI=1S/C48H30N4/c1-3-15-31(16-4-1)46-39-23-9-12-24-42(39)49-48(50-46)52-44-26-14-11-21-36(44)41-30-40(34-19-7-8-22-38(34)47(41)52)32-27-28-37-35-20-10-13-25-43(35)51(45(37)29-32)33-17-5-2-6-18-33/h1-30H/i1D,3D,4D,15D,16D. The monoisotopic (exact) mass is 667 g/mol. The molecule has 0 bridgehead atoms. The van der Waals surface area contributed by atoms with Crippen molar-refractivity contribution in [2.45, 2.75) is 0 Å². The van der Waals surface area contributed by atoms with Gasteiger partial charge in [0.05, 0.1) is 40.1 Å². The Labute approximate surface area is 306 Å². The molecular formula is C48H30N4. The molecule has 0 fully saturated rings. The molecule has 11 aromatic rings. The molecule has 3 heterocycles. The number of benzene rings is 8. The molecule has 0 saturated heterocycles. The van der Waals surface area contributed by atoms with E-state index in [0.717, 1.165) is 60.4 Å². The highest BCUT2D eigenvalue weighted by Gasteiger charge is 2.21. The number of rotatable bonds is 4. The summed E-state index contributed by atoms with van der Waals surface area (Å²) in [5.74, 6) is 0.341. The number of para-hydroxylation sites is 4. The lowest BCUT2D eigenvalue weighted by molar-refractivity contribution is 1.02. The summed E-state index contributed by atoms with van der Waals surface area (Å²) in [7, 11) is 0. The second-order valence-electron chi connectivity index (χ2n) is 13.0. The largest absolute Gasteiger partial charge is 0.309 e. The molecule has 0 aliphatic rings. The maximum atomic E-state index is 8.87. The van der Waals surface area contributed by atoms with Crippen molar-refractivity contribution in [3.05, 3.63) is 182 Å². The molecular weight excluding hydrogens is 633 g/mol. The molecule has 242 valence electrons. The van der Waals surface area contributed by atoms with E-state index in [9.17, 15) is 0 Å². The van der Waals surface area contributed by atoms with Crippen molar-refractivity contribution in [3.63, 3.8) is 0 Å². The molecule has 0 unspecified atom stereocenters. The summed E-state index contributed by atoms with van der Waals surface area (Å²) in [6, 6.07) is 50.2. The quantitative estimate of drug-likeness (QED) is 0.187. The zero-order valence-electron chi connectivity index (χ0n) is 32.7. The predicted molar refractivity (Wildman–Crippen MR) is 217 cm³/mol. The van der Waals surface area contributed by atoms with Crippen molar-refractivity contribution in [1.29, 1.82) is 0 Å². The molecule has 52 heavy (non-hydrogen) atoms. The average molecular weight is 668 g/mol. The van der Waals surface area contributed by atoms with Crippen LogP contribution in [0.25, 0.3) is 99.3 Å². The maximum absolute atomic E-state index is 8.87. The molecule has 11 rings (SSSR count). The Bertz CT molecular complexity index is 3450. The van der Waals surface area contributed by atoms with E-state index in [4.69, 9.17) is 16.8 Å². The fourth-order valence-corrected chi connectivity index (χ4v) is 7.99. The summed E-state index contributed by atoms with van der Waals surface area (Å²) in [6.07, 6.45) is 0. The van der Waals surface area contributed by atoms with Gasteiger partial charge in [-0.2, -0.15) is 0 Å². The van der Waals surface area contributed by atoms with Gasteiger partial charge in [0.15, 0.2) is 0 Å². The van der Waals surface area contributed by atoms with Crippen LogP contribution in [-0.4, -0.2) is 19.1 Å². The predicted octanol–water partition coefficient (Wildman–Crippen LogP) is 12.3. The molecule has 3 aromatic heterocycles. The van der Waals surface area contributed by atoms with Crippen LogP contribution >= 0.6 is 0 Å². The third-order valence-electron chi connectivity index (χ3n) is 10.2.